The molecule has 0 fully saturated rings. The monoisotopic (exact) mass is 432 g/mol. The molecule has 3 aromatic rings. The second kappa shape index (κ2) is 8.23. The average molecular weight is 433 g/mol. The Morgan fingerprint density at radius 1 is 0.931 bits per heavy atom. The zero-order chi connectivity index (χ0) is 21.2. The number of hydrogen-bond donors (Lipinski definition) is 2. The van der Waals surface area contributed by atoms with Gasteiger partial charge >= 0.3 is 0 Å². The van der Waals surface area contributed by atoms with Gasteiger partial charge < -0.3 is 5.32 Å². The fraction of sp³-hybridized carbons (Fsp3) is 0.0952. The summed E-state index contributed by atoms with van der Waals surface area (Å²) in [7, 11) is -3.88. The minimum Gasteiger partial charge on any atom is -0.322 e. The van der Waals surface area contributed by atoms with E-state index in [1.54, 1.807) is 18.2 Å². The Labute approximate surface area is 173 Å². The number of anilines is 2. The van der Waals surface area contributed by atoms with Gasteiger partial charge in [0.2, 0.25) is 0 Å². The van der Waals surface area contributed by atoms with E-state index in [2.05, 4.69) is 10.0 Å². The topological polar surface area (TPSA) is 75.3 Å². The van der Waals surface area contributed by atoms with Crippen LogP contribution in [0.15, 0.2) is 65.6 Å². The Morgan fingerprint density at radius 3 is 2.28 bits per heavy atom. The first-order valence-electron chi connectivity index (χ1n) is 8.62. The van der Waals surface area contributed by atoms with Crippen molar-refractivity contribution < 1.29 is 17.6 Å². The number of sulfonamides is 1. The smallest absolute Gasteiger partial charge is 0.261 e. The molecule has 8 heteroatoms. The molecule has 3 rings (SSSR count). The predicted octanol–water partition coefficient (Wildman–Crippen LogP) is 5.15. The molecule has 0 radical (unpaired) electrons. The number of hydrogen-bond acceptors (Lipinski definition) is 3. The van der Waals surface area contributed by atoms with Crippen LogP contribution in [0.5, 0.6) is 0 Å². The summed E-state index contributed by atoms with van der Waals surface area (Å²) in [5, 5.41) is 3.28. The SMILES string of the molecule is Cc1cc(S(=O)(=O)Nc2ccc(C(=O)Nc3cc(Cl)ccc3C)cc2)ccc1F. The van der Waals surface area contributed by atoms with Gasteiger partial charge in [0, 0.05) is 22.0 Å². The van der Waals surface area contributed by atoms with E-state index in [0.29, 0.717) is 16.3 Å². The third-order valence-corrected chi connectivity index (χ3v) is 5.90. The number of rotatable bonds is 5. The van der Waals surface area contributed by atoms with Crippen molar-refractivity contribution in [3.8, 4) is 0 Å². The Balaban J connectivity index is 1.75. The van der Waals surface area contributed by atoms with Crippen molar-refractivity contribution in [1.82, 2.24) is 0 Å². The molecule has 0 atom stereocenters. The van der Waals surface area contributed by atoms with Crippen molar-refractivity contribution >= 4 is 38.9 Å². The van der Waals surface area contributed by atoms with Gasteiger partial charge in [0.25, 0.3) is 15.9 Å². The summed E-state index contributed by atoms with van der Waals surface area (Å²) in [4.78, 5) is 12.4. The molecule has 0 aromatic heterocycles. The van der Waals surface area contributed by atoms with Gasteiger partial charge in [-0.05, 0) is 79.6 Å². The minimum atomic E-state index is -3.88. The van der Waals surface area contributed by atoms with Crippen LogP contribution in [0.1, 0.15) is 21.5 Å². The van der Waals surface area contributed by atoms with Crippen LogP contribution in [-0.2, 0) is 10.0 Å². The summed E-state index contributed by atoms with van der Waals surface area (Å²) in [6.07, 6.45) is 0. The summed E-state index contributed by atoms with van der Waals surface area (Å²) in [5.74, 6) is -0.826. The van der Waals surface area contributed by atoms with Crippen molar-refractivity contribution in [2.45, 2.75) is 18.7 Å². The summed E-state index contributed by atoms with van der Waals surface area (Å²) in [6, 6.07) is 14.7. The molecule has 0 unspecified atom stereocenters. The quantitative estimate of drug-likeness (QED) is 0.585. The first kappa shape index (κ1) is 20.8. The lowest BCUT2D eigenvalue weighted by atomic mass is 10.1. The standard InChI is InChI=1S/C21H18ClFN2O3S/c1-13-3-6-16(22)12-20(13)24-21(26)15-4-7-17(8-5-15)25-29(27,28)18-9-10-19(23)14(2)11-18/h3-12,25H,1-2H3,(H,24,26). The molecule has 0 saturated heterocycles. The van der Waals surface area contributed by atoms with Crippen LogP contribution in [0.2, 0.25) is 5.02 Å². The van der Waals surface area contributed by atoms with Crippen LogP contribution >= 0.6 is 11.6 Å². The number of aryl methyl sites for hydroxylation is 2. The second-order valence-corrected chi connectivity index (χ2v) is 8.63. The Hall–Kier alpha value is -2.90. The molecular formula is C21H18ClFN2O3S. The van der Waals surface area contributed by atoms with Gasteiger partial charge in [0.1, 0.15) is 5.82 Å². The molecule has 0 aliphatic heterocycles. The van der Waals surface area contributed by atoms with E-state index < -0.39 is 15.8 Å². The molecule has 0 saturated carbocycles. The molecule has 0 bridgehead atoms. The lowest BCUT2D eigenvalue weighted by Gasteiger charge is -2.11. The van der Waals surface area contributed by atoms with Gasteiger partial charge in [-0.15, -0.1) is 0 Å². The zero-order valence-electron chi connectivity index (χ0n) is 15.7. The highest BCUT2D eigenvalue weighted by Crippen LogP contribution is 2.22. The first-order valence-corrected chi connectivity index (χ1v) is 10.5. The van der Waals surface area contributed by atoms with Crippen molar-refractivity contribution in [3.05, 3.63) is 88.2 Å². The molecule has 5 nitrogen and oxygen atoms in total. The highest BCUT2D eigenvalue weighted by molar-refractivity contribution is 7.92. The van der Waals surface area contributed by atoms with E-state index in [1.165, 1.54) is 43.3 Å². The van der Waals surface area contributed by atoms with E-state index in [4.69, 9.17) is 11.6 Å². The van der Waals surface area contributed by atoms with Crippen molar-refractivity contribution in [2.24, 2.45) is 0 Å². The Morgan fingerprint density at radius 2 is 1.62 bits per heavy atom. The lowest BCUT2D eigenvalue weighted by molar-refractivity contribution is 0.102. The van der Waals surface area contributed by atoms with Gasteiger partial charge in [0.05, 0.1) is 4.90 Å². The maximum absolute atomic E-state index is 13.4. The van der Waals surface area contributed by atoms with Gasteiger partial charge in [-0.2, -0.15) is 0 Å². The molecule has 3 aromatic carbocycles. The fourth-order valence-corrected chi connectivity index (χ4v) is 3.93. The van der Waals surface area contributed by atoms with Crippen LogP contribution in [-0.4, -0.2) is 14.3 Å². The van der Waals surface area contributed by atoms with Crippen LogP contribution in [0.25, 0.3) is 0 Å². The van der Waals surface area contributed by atoms with Gasteiger partial charge in [-0.25, -0.2) is 12.8 Å². The maximum atomic E-state index is 13.4. The van der Waals surface area contributed by atoms with Gasteiger partial charge in [-0.1, -0.05) is 17.7 Å². The van der Waals surface area contributed by atoms with Gasteiger partial charge in [0.15, 0.2) is 0 Å². The first-order chi connectivity index (χ1) is 13.7. The molecule has 29 heavy (non-hydrogen) atoms. The number of nitrogens with one attached hydrogen (secondary N) is 2. The van der Waals surface area contributed by atoms with E-state index in [9.17, 15) is 17.6 Å². The molecule has 0 spiro atoms. The Kier molecular flexibility index (Phi) is 5.91. The second-order valence-electron chi connectivity index (χ2n) is 6.51. The highest BCUT2D eigenvalue weighted by atomic mass is 35.5. The van der Waals surface area contributed by atoms with Crippen LogP contribution in [0.4, 0.5) is 15.8 Å². The van der Waals surface area contributed by atoms with E-state index in [1.807, 2.05) is 6.92 Å². The van der Waals surface area contributed by atoms with Crippen molar-refractivity contribution in [2.75, 3.05) is 10.0 Å². The summed E-state index contributed by atoms with van der Waals surface area (Å²) in [5.41, 5.74) is 2.32. The third-order valence-electron chi connectivity index (χ3n) is 4.29. The minimum absolute atomic E-state index is 0.0466. The number of carbonyl (C=O) groups excluding carboxylic acids is 1. The number of carbonyl (C=O) groups is 1. The number of halogens is 2. The molecule has 0 heterocycles. The third kappa shape index (κ3) is 4.93. The van der Waals surface area contributed by atoms with Crippen LogP contribution in [0.3, 0.4) is 0 Å². The molecule has 150 valence electrons. The summed E-state index contributed by atoms with van der Waals surface area (Å²) >= 11 is 5.96. The average Bonchev–Trinajstić information content (AvgIpc) is 2.67. The normalized spacial score (nSPS) is 11.2. The van der Waals surface area contributed by atoms with Crippen molar-refractivity contribution in [1.29, 1.82) is 0 Å². The maximum Gasteiger partial charge on any atom is 0.261 e. The predicted molar refractivity (Wildman–Crippen MR) is 113 cm³/mol. The molecule has 2 N–H and O–H groups in total. The molecule has 0 aliphatic carbocycles. The summed E-state index contributed by atoms with van der Waals surface area (Å²) in [6.45, 7) is 3.34. The molecule has 0 aliphatic rings. The van der Waals surface area contributed by atoms with E-state index in [-0.39, 0.29) is 22.1 Å². The van der Waals surface area contributed by atoms with Gasteiger partial charge in [-0.3, -0.25) is 9.52 Å². The lowest BCUT2D eigenvalue weighted by Crippen LogP contribution is -2.15. The molecule has 1 amide bonds. The van der Waals surface area contributed by atoms with Crippen LogP contribution < -0.4 is 10.0 Å². The van der Waals surface area contributed by atoms with Crippen LogP contribution in [0, 0.1) is 19.7 Å². The molecular weight excluding hydrogens is 415 g/mol. The van der Waals surface area contributed by atoms with E-state index in [0.717, 1.165) is 11.6 Å². The Bertz CT molecular complexity index is 1180. The number of amides is 1. The largest absolute Gasteiger partial charge is 0.322 e. The number of benzene rings is 3. The highest BCUT2D eigenvalue weighted by Gasteiger charge is 2.16. The fourth-order valence-electron chi connectivity index (χ4n) is 2.61. The zero-order valence-corrected chi connectivity index (χ0v) is 17.2. The summed E-state index contributed by atoms with van der Waals surface area (Å²) < 4.78 is 40.7. The van der Waals surface area contributed by atoms with Crippen molar-refractivity contribution in [3.63, 3.8) is 0 Å². The van der Waals surface area contributed by atoms with E-state index >= 15 is 0 Å².